The Labute approximate surface area is 242 Å². The molecule has 2 aromatic rings. The van der Waals surface area contributed by atoms with Gasteiger partial charge in [-0.25, -0.2) is 9.37 Å². The van der Waals surface area contributed by atoms with E-state index in [4.69, 9.17) is 4.74 Å². The minimum Gasteiger partial charge on any atom is -0.434 e. The predicted molar refractivity (Wildman–Crippen MR) is 156 cm³/mol. The largest absolute Gasteiger partial charge is 0.434 e. The van der Waals surface area contributed by atoms with Gasteiger partial charge in [0.1, 0.15) is 17.9 Å². The number of carbonyl (C=O) groups is 2. The SMILES string of the molecule is CCN(C(=O)c1cc(F)ccc1Oc1nncnc1N1CCC2(C1)CN([C@H](CCCNC(C)=O)C(C)C)C2)C(C)C. The molecule has 224 valence electrons. The third-order valence-electron chi connectivity index (χ3n) is 8.28. The van der Waals surface area contributed by atoms with E-state index in [1.165, 1.54) is 24.5 Å². The molecule has 1 atom stereocenters. The smallest absolute Gasteiger partial charge is 0.282 e. The van der Waals surface area contributed by atoms with E-state index in [0.29, 0.717) is 30.9 Å². The third kappa shape index (κ3) is 7.12. The molecule has 1 aromatic heterocycles. The van der Waals surface area contributed by atoms with Crippen LogP contribution in [0.3, 0.4) is 0 Å². The second-order valence-corrected chi connectivity index (χ2v) is 12.0. The van der Waals surface area contributed by atoms with Crippen LogP contribution in [0.4, 0.5) is 10.2 Å². The fraction of sp³-hybridized carbons (Fsp3) is 0.633. The van der Waals surface area contributed by atoms with Crippen LogP contribution in [-0.4, -0.2) is 88.1 Å². The highest BCUT2D eigenvalue weighted by Gasteiger charge is 2.50. The summed E-state index contributed by atoms with van der Waals surface area (Å²) in [6, 6.07) is 4.37. The second kappa shape index (κ2) is 13.1. The Morgan fingerprint density at radius 1 is 1.20 bits per heavy atom. The van der Waals surface area contributed by atoms with Gasteiger partial charge in [0, 0.05) is 63.7 Å². The van der Waals surface area contributed by atoms with Crippen LogP contribution in [0.5, 0.6) is 11.6 Å². The Balaban J connectivity index is 1.45. The van der Waals surface area contributed by atoms with Crippen LogP contribution in [-0.2, 0) is 4.79 Å². The first-order valence-corrected chi connectivity index (χ1v) is 14.7. The Bertz CT molecular complexity index is 1220. The maximum Gasteiger partial charge on any atom is 0.282 e. The van der Waals surface area contributed by atoms with Crippen LogP contribution in [0, 0.1) is 17.2 Å². The standard InChI is InChI=1S/C30H44FN7O3/c1-7-38(21(4)5)29(40)24-15-23(31)10-11-26(24)41-28-27(33-19-34-35-28)36-14-12-30(16-36)17-37(18-30)25(20(2)3)9-8-13-32-22(6)39/h10-11,15,19-21,25H,7-9,12-14,16-18H2,1-6H3,(H,32,39)/t25-/m1/s1. The van der Waals surface area contributed by atoms with Gasteiger partial charge in [-0.15, -0.1) is 10.2 Å². The molecule has 1 N–H and O–H groups in total. The minimum absolute atomic E-state index is 0.0170. The number of halogens is 1. The van der Waals surface area contributed by atoms with Crippen molar-refractivity contribution in [1.29, 1.82) is 0 Å². The number of ether oxygens (including phenoxy) is 1. The summed E-state index contributed by atoms with van der Waals surface area (Å²) in [5, 5.41) is 11.1. The lowest BCUT2D eigenvalue weighted by Gasteiger charge is -2.53. The molecule has 1 spiro atoms. The number of hydrogen-bond donors (Lipinski definition) is 1. The summed E-state index contributed by atoms with van der Waals surface area (Å²) in [5.74, 6) is 0.730. The minimum atomic E-state index is -0.510. The van der Waals surface area contributed by atoms with Gasteiger partial charge in [-0.3, -0.25) is 14.5 Å². The Morgan fingerprint density at radius 3 is 2.61 bits per heavy atom. The zero-order chi connectivity index (χ0) is 29.7. The maximum atomic E-state index is 14.2. The quantitative estimate of drug-likeness (QED) is 0.381. The molecule has 2 aliphatic rings. The Hall–Kier alpha value is -3.34. The molecule has 0 unspecified atom stereocenters. The monoisotopic (exact) mass is 569 g/mol. The normalized spacial score (nSPS) is 17.1. The van der Waals surface area contributed by atoms with Crippen molar-refractivity contribution in [2.45, 2.75) is 72.9 Å². The van der Waals surface area contributed by atoms with Crippen molar-refractivity contribution in [3.63, 3.8) is 0 Å². The first-order chi connectivity index (χ1) is 19.5. The number of carbonyl (C=O) groups excluding carboxylic acids is 2. The number of anilines is 1. The van der Waals surface area contributed by atoms with Crippen molar-refractivity contribution in [2.24, 2.45) is 11.3 Å². The molecule has 0 bridgehead atoms. The highest BCUT2D eigenvalue weighted by Crippen LogP contribution is 2.44. The van der Waals surface area contributed by atoms with Gasteiger partial charge in [-0.1, -0.05) is 13.8 Å². The lowest BCUT2D eigenvalue weighted by Crippen LogP contribution is -2.62. The van der Waals surface area contributed by atoms with Gasteiger partial charge in [0.15, 0.2) is 5.82 Å². The highest BCUT2D eigenvalue weighted by molar-refractivity contribution is 5.97. The molecule has 4 rings (SSSR count). The van der Waals surface area contributed by atoms with Gasteiger partial charge in [0.05, 0.1) is 5.56 Å². The third-order valence-corrected chi connectivity index (χ3v) is 8.28. The van der Waals surface area contributed by atoms with Crippen molar-refractivity contribution < 1.29 is 18.7 Å². The van der Waals surface area contributed by atoms with Crippen molar-refractivity contribution in [3.8, 4) is 11.6 Å². The zero-order valence-corrected chi connectivity index (χ0v) is 25.2. The van der Waals surface area contributed by atoms with Gasteiger partial charge in [-0.05, 0) is 64.2 Å². The average Bonchev–Trinajstić information content (AvgIpc) is 3.35. The molecule has 1 aromatic carbocycles. The van der Waals surface area contributed by atoms with Crippen LogP contribution in [0.1, 0.15) is 71.2 Å². The molecule has 0 aliphatic carbocycles. The average molecular weight is 570 g/mol. The van der Waals surface area contributed by atoms with Crippen LogP contribution < -0.4 is 15.0 Å². The van der Waals surface area contributed by atoms with Gasteiger partial charge >= 0.3 is 0 Å². The molecule has 2 saturated heterocycles. The molecule has 3 heterocycles. The molecule has 2 aliphatic heterocycles. The fourth-order valence-electron chi connectivity index (χ4n) is 6.24. The number of aromatic nitrogens is 3. The van der Waals surface area contributed by atoms with Gasteiger partial charge in [0.25, 0.3) is 11.8 Å². The molecular formula is C30H44FN7O3. The van der Waals surface area contributed by atoms with Crippen molar-refractivity contribution in [1.82, 2.24) is 30.3 Å². The van der Waals surface area contributed by atoms with E-state index in [-0.39, 0.29) is 40.5 Å². The topological polar surface area (TPSA) is 104 Å². The lowest BCUT2D eigenvalue weighted by atomic mass is 9.76. The van der Waals surface area contributed by atoms with E-state index in [1.54, 1.807) is 11.8 Å². The number of benzene rings is 1. The van der Waals surface area contributed by atoms with Crippen LogP contribution in [0.15, 0.2) is 24.5 Å². The highest BCUT2D eigenvalue weighted by atomic mass is 19.1. The van der Waals surface area contributed by atoms with E-state index in [9.17, 15) is 14.0 Å². The summed E-state index contributed by atoms with van der Waals surface area (Å²) in [4.78, 5) is 35.4. The van der Waals surface area contributed by atoms with E-state index >= 15 is 0 Å². The summed E-state index contributed by atoms with van der Waals surface area (Å²) in [6.07, 6.45) is 4.45. The molecule has 10 nitrogen and oxygen atoms in total. The van der Waals surface area contributed by atoms with Crippen LogP contribution in [0.25, 0.3) is 0 Å². The number of rotatable bonds is 12. The summed E-state index contributed by atoms with van der Waals surface area (Å²) in [7, 11) is 0. The Kier molecular flexibility index (Phi) is 9.78. The van der Waals surface area contributed by atoms with E-state index < -0.39 is 5.82 Å². The van der Waals surface area contributed by atoms with Crippen LogP contribution in [0.2, 0.25) is 0 Å². The molecular weight excluding hydrogens is 525 g/mol. The van der Waals surface area contributed by atoms with Gasteiger partial charge in [0.2, 0.25) is 5.91 Å². The number of hydrogen-bond acceptors (Lipinski definition) is 8. The summed E-state index contributed by atoms with van der Waals surface area (Å²) in [6.45, 7) is 16.7. The fourth-order valence-corrected chi connectivity index (χ4v) is 6.24. The summed E-state index contributed by atoms with van der Waals surface area (Å²) < 4.78 is 20.4. The van der Waals surface area contributed by atoms with Crippen LogP contribution >= 0.6 is 0 Å². The molecule has 41 heavy (non-hydrogen) atoms. The molecule has 0 radical (unpaired) electrons. The van der Waals surface area contributed by atoms with Crippen molar-refractivity contribution in [3.05, 3.63) is 35.9 Å². The number of nitrogens with one attached hydrogen (secondary N) is 1. The van der Waals surface area contributed by atoms with E-state index in [1.807, 2.05) is 20.8 Å². The first-order valence-electron chi connectivity index (χ1n) is 14.7. The number of amides is 2. The second-order valence-electron chi connectivity index (χ2n) is 12.0. The number of nitrogens with zero attached hydrogens (tertiary/aromatic N) is 6. The van der Waals surface area contributed by atoms with Crippen molar-refractivity contribution in [2.75, 3.05) is 44.2 Å². The summed E-state index contributed by atoms with van der Waals surface area (Å²) >= 11 is 0. The predicted octanol–water partition coefficient (Wildman–Crippen LogP) is 4.13. The zero-order valence-electron chi connectivity index (χ0n) is 25.2. The molecule has 0 saturated carbocycles. The van der Waals surface area contributed by atoms with Gasteiger partial charge in [-0.2, -0.15) is 0 Å². The summed E-state index contributed by atoms with van der Waals surface area (Å²) in [5.41, 5.74) is 0.311. The molecule has 2 amide bonds. The molecule has 2 fully saturated rings. The number of likely N-dealkylation sites (tertiary alicyclic amines) is 1. The Morgan fingerprint density at radius 2 is 1.95 bits per heavy atom. The van der Waals surface area contributed by atoms with E-state index in [2.05, 4.69) is 44.1 Å². The molecule has 11 heteroatoms. The first kappa shape index (κ1) is 30.6. The lowest BCUT2D eigenvalue weighted by molar-refractivity contribution is -0.119. The maximum absolute atomic E-state index is 14.2. The van der Waals surface area contributed by atoms with E-state index in [0.717, 1.165) is 45.4 Å². The van der Waals surface area contributed by atoms with Crippen molar-refractivity contribution >= 4 is 17.6 Å². The van der Waals surface area contributed by atoms with Gasteiger partial charge < -0.3 is 19.9 Å².